The summed E-state index contributed by atoms with van der Waals surface area (Å²) in [5.41, 5.74) is 0. The predicted octanol–water partition coefficient (Wildman–Crippen LogP) is 1.04. The highest BCUT2D eigenvalue weighted by molar-refractivity contribution is 4.88. The number of imidazole rings is 1. The average Bonchev–Trinajstić information content (AvgIpc) is 2.58. The van der Waals surface area contributed by atoms with E-state index in [1.165, 1.54) is 0 Å². The van der Waals surface area contributed by atoms with Crippen molar-refractivity contribution in [1.82, 2.24) is 14.5 Å². The number of nitriles is 1. The summed E-state index contributed by atoms with van der Waals surface area (Å²) in [5.74, 6) is 1.04. The Morgan fingerprint density at radius 2 is 2.36 bits per heavy atom. The predicted molar refractivity (Wildman–Crippen MR) is 54.7 cm³/mol. The van der Waals surface area contributed by atoms with E-state index in [9.17, 15) is 0 Å². The van der Waals surface area contributed by atoms with Gasteiger partial charge in [-0.3, -0.25) is 0 Å². The van der Waals surface area contributed by atoms with E-state index in [1.807, 2.05) is 26.4 Å². The van der Waals surface area contributed by atoms with E-state index in [1.54, 1.807) is 0 Å². The summed E-state index contributed by atoms with van der Waals surface area (Å²) in [4.78, 5) is 6.30. The Morgan fingerprint density at radius 3 is 2.93 bits per heavy atom. The third-order valence-electron chi connectivity index (χ3n) is 2.25. The summed E-state index contributed by atoms with van der Waals surface area (Å²) in [6.45, 7) is 4.73. The van der Waals surface area contributed by atoms with E-state index in [4.69, 9.17) is 5.26 Å². The van der Waals surface area contributed by atoms with Gasteiger partial charge in [-0.15, -0.1) is 0 Å². The van der Waals surface area contributed by atoms with E-state index in [2.05, 4.69) is 20.5 Å². The highest BCUT2D eigenvalue weighted by atomic mass is 15.1. The second-order valence-corrected chi connectivity index (χ2v) is 3.38. The summed E-state index contributed by atoms with van der Waals surface area (Å²) >= 11 is 0. The third kappa shape index (κ3) is 3.19. The van der Waals surface area contributed by atoms with Gasteiger partial charge >= 0.3 is 0 Å². The molecule has 14 heavy (non-hydrogen) atoms. The van der Waals surface area contributed by atoms with Crippen molar-refractivity contribution in [3.63, 3.8) is 0 Å². The molecule has 0 spiro atoms. The molecule has 0 saturated heterocycles. The van der Waals surface area contributed by atoms with Crippen LogP contribution in [0.1, 0.15) is 12.2 Å². The van der Waals surface area contributed by atoms with Crippen LogP contribution in [0.15, 0.2) is 12.4 Å². The molecule has 1 rings (SSSR count). The van der Waals surface area contributed by atoms with E-state index < -0.39 is 0 Å². The quantitative estimate of drug-likeness (QED) is 0.700. The van der Waals surface area contributed by atoms with E-state index in [0.717, 1.165) is 25.5 Å². The van der Waals surface area contributed by atoms with E-state index in [0.29, 0.717) is 6.42 Å². The Kier molecular flexibility index (Phi) is 4.14. The lowest BCUT2D eigenvalue weighted by atomic mass is 10.4. The number of nitrogens with zero attached hydrogens (tertiary/aromatic N) is 4. The van der Waals surface area contributed by atoms with Crippen molar-refractivity contribution < 1.29 is 0 Å². The van der Waals surface area contributed by atoms with Crippen molar-refractivity contribution in [3.05, 3.63) is 18.2 Å². The molecule has 4 nitrogen and oxygen atoms in total. The summed E-state index contributed by atoms with van der Waals surface area (Å²) in [7, 11) is 2.03. The molecule has 0 aliphatic carbocycles. The maximum absolute atomic E-state index is 8.42. The first-order chi connectivity index (χ1) is 6.74. The molecule has 0 N–H and O–H groups in total. The average molecular weight is 192 g/mol. The lowest BCUT2D eigenvalue weighted by Gasteiger charge is -2.15. The Bertz CT molecular complexity index is 310. The first-order valence-corrected chi connectivity index (χ1v) is 4.77. The van der Waals surface area contributed by atoms with Crippen LogP contribution in [0.4, 0.5) is 0 Å². The zero-order chi connectivity index (χ0) is 10.4. The molecule has 0 amide bonds. The molecule has 0 unspecified atom stereocenters. The second kappa shape index (κ2) is 5.40. The number of rotatable bonds is 5. The first-order valence-electron chi connectivity index (χ1n) is 4.77. The molecule has 1 aromatic heterocycles. The standard InChI is InChI=1S/C10H16N4/c1-10-12-5-7-14(10)9-8-13(2)6-3-4-11/h5,7H,3,6,8-9H2,1-2H3. The highest BCUT2D eigenvalue weighted by Crippen LogP contribution is 1.96. The molecule has 1 heterocycles. The Balaban J connectivity index is 2.27. The van der Waals surface area contributed by atoms with Gasteiger partial charge in [0.25, 0.3) is 0 Å². The lowest BCUT2D eigenvalue weighted by Crippen LogP contribution is -2.24. The molecule has 0 fully saturated rings. The number of hydrogen-bond donors (Lipinski definition) is 0. The fourth-order valence-corrected chi connectivity index (χ4v) is 1.27. The molecule has 76 valence electrons. The van der Waals surface area contributed by atoms with Crippen LogP contribution >= 0.6 is 0 Å². The fraction of sp³-hybridized carbons (Fsp3) is 0.600. The second-order valence-electron chi connectivity index (χ2n) is 3.38. The smallest absolute Gasteiger partial charge is 0.105 e. The van der Waals surface area contributed by atoms with Crippen LogP contribution in [-0.2, 0) is 6.54 Å². The number of aryl methyl sites for hydroxylation is 1. The SMILES string of the molecule is Cc1nccn1CCN(C)CCC#N. The van der Waals surface area contributed by atoms with Crippen LogP contribution in [0.25, 0.3) is 0 Å². The van der Waals surface area contributed by atoms with Gasteiger partial charge in [0.15, 0.2) is 0 Å². The van der Waals surface area contributed by atoms with Crippen LogP contribution in [0.5, 0.6) is 0 Å². The largest absolute Gasteiger partial charge is 0.334 e. The van der Waals surface area contributed by atoms with Crippen molar-refractivity contribution in [1.29, 1.82) is 5.26 Å². The van der Waals surface area contributed by atoms with Crippen molar-refractivity contribution in [2.75, 3.05) is 20.1 Å². The van der Waals surface area contributed by atoms with Gasteiger partial charge in [0.2, 0.25) is 0 Å². The van der Waals surface area contributed by atoms with Crippen molar-refractivity contribution in [3.8, 4) is 6.07 Å². The Morgan fingerprint density at radius 1 is 1.57 bits per heavy atom. The van der Waals surface area contributed by atoms with Gasteiger partial charge in [0.05, 0.1) is 6.07 Å². The summed E-state index contributed by atoms with van der Waals surface area (Å²) in [5, 5.41) is 8.42. The number of hydrogen-bond acceptors (Lipinski definition) is 3. The minimum Gasteiger partial charge on any atom is -0.334 e. The molecule has 0 aliphatic rings. The summed E-state index contributed by atoms with van der Waals surface area (Å²) in [6, 6.07) is 2.14. The monoisotopic (exact) mass is 192 g/mol. The van der Waals surface area contributed by atoms with Crippen LogP contribution in [-0.4, -0.2) is 34.6 Å². The fourth-order valence-electron chi connectivity index (χ4n) is 1.27. The first kappa shape index (κ1) is 10.7. The number of likely N-dealkylation sites (N-methyl/N-ethyl adjacent to an activating group) is 1. The van der Waals surface area contributed by atoms with Gasteiger partial charge in [0, 0.05) is 38.4 Å². The van der Waals surface area contributed by atoms with Gasteiger partial charge in [-0.2, -0.15) is 5.26 Å². The summed E-state index contributed by atoms with van der Waals surface area (Å²) < 4.78 is 2.11. The van der Waals surface area contributed by atoms with Crippen LogP contribution in [0, 0.1) is 18.3 Å². The highest BCUT2D eigenvalue weighted by Gasteiger charge is 2.00. The minimum absolute atomic E-state index is 0.597. The van der Waals surface area contributed by atoms with Crippen molar-refractivity contribution >= 4 is 0 Å². The van der Waals surface area contributed by atoms with E-state index >= 15 is 0 Å². The maximum Gasteiger partial charge on any atom is 0.105 e. The number of aromatic nitrogens is 2. The summed E-state index contributed by atoms with van der Waals surface area (Å²) in [6.07, 6.45) is 4.39. The van der Waals surface area contributed by atoms with Crippen molar-refractivity contribution in [2.45, 2.75) is 19.9 Å². The molecular weight excluding hydrogens is 176 g/mol. The van der Waals surface area contributed by atoms with Gasteiger partial charge < -0.3 is 9.47 Å². The molecule has 0 saturated carbocycles. The topological polar surface area (TPSA) is 44.9 Å². The van der Waals surface area contributed by atoms with Crippen LogP contribution < -0.4 is 0 Å². The van der Waals surface area contributed by atoms with Gasteiger partial charge in [-0.05, 0) is 14.0 Å². The van der Waals surface area contributed by atoms with Gasteiger partial charge in [-0.25, -0.2) is 4.98 Å². The molecule has 0 radical (unpaired) electrons. The molecule has 0 aliphatic heterocycles. The van der Waals surface area contributed by atoms with Gasteiger partial charge in [0.1, 0.15) is 5.82 Å². The zero-order valence-electron chi connectivity index (χ0n) is 8.77. The zero-order valence-corrected chi connectivity index (χ0v) is 8.77. The molecular formula is C10H16N4. The third-order valence-corrected chi connectivity index (χ3v) is 2.25. The lowest BCUT2D eigenvalue weighted by molar-refractivity contribution is 0.324. The molecule has 0 bridgehead atoms. The van der Waals surface area contributed by atoms with Crippen LogP contribution in [0.2, 0.25) is 0 Å². The van der Waals surface area contributed by atoms with Crippen molar-refractivity contribution in [2.24, 2.45) is 0 Å². The Hall–Kier alpha value is -1.34. The minimum atomic E-state index is 0.597. The van der Waals surface area contributed by atoms with Crippen LogP contribution in [0.3, 0.4) is 0 Å². The molecule has 0 atom stereocenters. The van der Waals surface area contributed by atoms with E-state index in [-0.39, 0.29) is 0 Å². The normalized spacial score (nSPS) is 10.4. The maximum atomic E-state index is 8.42. The van der Waals surface area contributed by atoms with Gasteiger partial charge in [-0.1, -0.05) is 0 Å². The molecule has 0 aromatic carbocycles. The molecule has 4 heteroatoms. The molecule has 1 aromatic rings. The Labute approximate surface area is 84.8 Å².